The van der Waals surface area contributed by atoms with Crippen LogP contribution in [-0.4, -0.2) is 7.11 Å². The van der Waals surface area contributed by atoms with E-state index in [1.807, 2.05) is 0 Å². The summed E-state index contributed by atoms with van der Waals surface area (Å²) in [4.78, 5) is 4.51. The fraction of sp³-hybridized carbons (Fsp3) is 0.111. The molecule has 70 valence electrons. The zero-order valence-electron chi connectivity index (χ0n) is 7.10. The molecule has 0 aliphatic heterocycles. The van der Waals surface area contributed by atoms with Gasteiger partial charge in [-0.1, -0.05) is 6.58 Å². The van der Waals surface area contributed by atoms with E-state index in [0.717, 1.165) is 18.2 Å². The SMILES string of the molecule is C=C(NOC)c1cc(F)ccc1F. The molecule has 1 aromatic carbocycles. The van der Waals surface area contributed by atoms with Crippen LogP contribution < -0.4 is 5.48 Å². The summed E-state index contributed by atoms with van der Waals surface area (Å²) in [5.41, 5.74) is 2.57. The molecule has 1 aromatic rings. The third kappa shape index (κ3) is 2.26. The van der Waals surface area contributed by atoms with Crippen LogP contribution in [0, 0.1) is 11.6 Å². The van der Waals surface area contributed by atoms with Gasteiger partial charge < -0.3 is 0 Å². The highest BCUT2D eigenvalue weighted by Gasteiger charge is 2.06. The van der Waals surface area contributed by atoms with E-state index in [-0.39, 0.29) is 11.3 Å². The van der Waals surface area contributed by atoms with Gasteiger partial charge in [0.1, 0.15) is 11.6 Å². The Morgan fingerprint density at radius 1 is 1.46 bits per heavy atom. The second kappa shape index (κ2) is 4.00. The molecule has 0 heterocycles. The molecule has 0 atom stereocenters. The minimum atomic E-state index is -0.545. The Balaban J connectivity index is 2.99. The van der Waals surface area contributed by atoms with Crippen molar-refractivity contribution in [3.05, 3.63) is 42.0 Å². The maximum absolute atomic E-state index is 13.0. The van der Waals surface area contributed by atoms with E-state index < -0.39 is 11.6 Å². The largest absolute Gasteiger partial charge is 0.279 e. The van der Waals surface area contributed by atoms with Crippen LogP contribution in [0.2, 0.25) is 0 Å². The standard InChI is InChI=1S/C9H9F2NO/c1-6(12-13-2)8-5-7(10)3-4-9(8)11/h3-5,12H,1H2,2H3. The average molecular weight is 185 g/mol. The number of hydrogen-bond donors (Lipinski definition) is 1. The van der Waals surface area contributed by atoms with Crippen molar-refractivity contribution in [3.8, 4) is 0 Å². The first kappa shape index (κ1) is 9.67. The van der Waals surface area contributed by atoms with Gasteiger partial charge in [0.15, 0.2) is 0 Å². The minimum absolute atomic E-state index is 0.0573. The minimum Gasteiger partial charge on any atom is -0.279 e. The van der Waals surface area contributed by atoms with Gasteiger partial charge in [0.25, 0.3) is 0 Å². The highest BCUT2D eigenvalue weighted by molar-refractivity contribution is 5.61. The molecule has 0 saturated carbocycles. The van der Waals surface area contributed by atoms with Crippen molar-refractivity contribution >= 4 is 5.70 Å². The third-order valence-corrected chi connectivity index (χ3v) is 1.48. The normalized spacial score (nSPS) is 9.77. The molecule has 0 unspecified atom stereocenters. The van der Waals surface area contributed by atoms with Crippen molar-refractivity contribution < 1.29 is 13.6 Å². The lowest BCUT2D eigenvalue weighted by Gasteiger charge is -2.07. The smallest absolute Gasteiger partial charge is 0.132 e. The third-order valence-electron chi connectivity index (χ3n) is 1.48. The van der Waals surface area contributed by atoms with Crippen molar-refractivity contribution in [2.24, 2.45) is 0 Å². The summed E-state index contributed by atoms with van der Waals surface area (Å²) in [6, 6.07) is 3.12. The number of nitrogens with one attached hydrogen (secondary N) is 1. The molecule has 4 heteroatoms. The van der Waals surface area contributed by atoms with Crippen molar-refractivity contribution in [1.82, 2.24) is 5.48 Å². The fourth-order valence-corrected chi connectivity index (χ4v) is 0.907. The quantitative estimate of drug-likeness (QED) is 0.728. The highest BCUT2D eigenvalue weighted by atomic mass is 19.1. The Labute approximate surface area is 74.8 Å². The van der Waals surface area contributed by atoms with Gasteiger partial charge in [-0.05, 0) is 18.2 Å². The summed E-state index contributed by atoms with van der Waals surface area (Å²) in [6.07, 6.45) is 0. The fourth-order valence-electron chi connectivity index (χ4n) is 0.907. The van der Waals surface area contributed by atoms with Gasteiger partial charge in [0, 0.05) is 5.56 Å². The van der Waals surface area contributed by atoms with Gasteiger partial charge in [-0.15, -0.1) is 0 Å². The van der Waals surface area contributed by atoms with Crippen molar-refractivity contribution in [3.63, 3.8) is 0 Å². The first-order valence-corrected chi connectivity index (χ1v) is 3.58. The zero-order valence-corrected chi connectivity index (χ0v) is 7.10. The number of benzene rings is 1. The van der Waals surface area contributed by atoms with Gasteiger partial charge in [-0.25, -0.2) is 8.78 Å². The highest BCUT2D eigenvalue weighted by Crippen LogP contribution is 2.15. The van der Waals surface area contributed by atoms with Gasteiger partial charge in [-0.2, -0.15) is 0 Å². The van der Waals surface area contributed by atoms with Crippen LogP contribution in [0.3, 0.4) is 0 Å². The average Bonchev–Trinajstić information content (AvgIpc) is 2.09. The van der Waals surface area contributed by atoms with Crippen molar-refractivity contribution in [2.75, 3.05) is 7.11 Å². The predicted octanol–water partition coefficient (Wildman–Crippen LogP) is 2.09. The predicted molar refractivity (Wildman–Crippen MR) is 45.5 cm³/mol. The maximum atomic E-state index is 13.0. The molecule has 0 fully saturated rings. The molecular formula is C9H9F2NO. The Kier molecular flexibility index (Phi) is 2.97. The number of rotatable bonds is 3. The van der Waals surface area contributed by atoms with E-state index in [4.69, 9.17) is 0 Å². The van der Waals surface area contributed by atoms with Crippen LogP contribution in [0.25, 0.3) is 5.70 Å². The summed E-state index contributed by atoms with van der Waals surface area (Å²) >= 11 is 0. The number of hydrogen-bond acceptors (Lipinski definition) is 2. The molecule has 0 radical (unpaired) electrons. The molecule has 0 aliphatic carbocycles. The first-order chi connectivity index (χ1) is 6.15. The second-order valence-electron chi connectivity index (χ2n) is 2.41. The van der Waals surface area contributed by atoms with E-state index >= 15 is 0 Å². The molecule has 0 spiro atoms. The topological polar surface area (TPSA) is 21.3 Å². The number of halogens is 2. The van der Waals surface area contributed by atoms with Crippen LogP contribution in [-0.2, 0) is 4.84 Å². The molecule has 0 bridgehead atoms. The lowest BCUT2D eigenvalue weighted by Crippen LogP contribution is -2.10. The van der Waals surface area contributed by atoms with Crippen molar-refractivity contribution in [2.45, 2.75) is 0 Å². The lowest BCUT2D eigenvalue weighted by molar-refractivity contribution is 0.136. The Hall–Kier alpha value is -1.42. The molecule has 0 aromatic heterocycles. The molecule has 1 N–H and O–H groups in total. The van der Waals surface area contributed by atoms with E-state index in [1.54, 1.807) is 0 Å². The Bertz CT molecular complexity index is 325. The van der Waals surface area contributed by atoms with Crippen LogP contribution in [0.4, 0.5) is 8.78 Å². The second-order valence-corrected chi connectivity index (χ2v) is 2.41. The monoisotopic (exact) mass is 185 g/mol. The van der Waals surface area contributed by atoms with Gasteiger partial charge in [0.05, 0.1) is 12.8 Å². The summed E-state index contributed by atoms with van der Waals surface area (Å²) in [5, 5.41) is 0. The maximum Gasteiger partial charge on any atom is 0.132 e. The number of hydroxylamine groups is 1. The molecule has 1 rings (SSSR count). The lowest BCUT2D eigenvalue weighted by atomic mass is 10.1. The molecule has 0 aliphatic rings. The van der Waals surface area contributed by atoms with Crippen LogP contribution in [0.5, 0.6) is 0 Å². The van der Waals surface area contributed by atoms with E-state index in [0.29, 0.717) is 0 Å². The van der Waals surface area contributed by atoms with Gasteiger partial charge >= 0.3 is 0 Å². The Morgan fingerprint density at radius 3 is 2.77 bits per heavy atom. The molecular weight excluding hydrogens is 176 g/mol. The summed E-state index contributed by atoms with van der Waals surface area (Å²) in [5.74, 6) is -1.06. The van der Waals surface area contributed by atoms with E-state index in [9.17, 15) is 8.78 Å². The van der Waals surface area contributed by atoms with E-state index in [1.165, 1.54) is 7.11 Å². The van der Waals surface area contributed by atoms with Gasteiger partial charge in [-0.3, -0.25) is 10.3 Å². The van der Waals surface area contributed by atoms with Gasteiger partial charge in [0.2, 0.25) is 0 Å². The molecule has 0 saturated heterocycles. The molecule has 0 amide bonds. The van der Waals surface area contributed by atoms with E-state index in [2.05, 4.69) is 16.9 Å². The molecule has 2 nitrogen and oxygen atoms in total. The summed E-state index contributed by atoms with van der Waals surface area (Å²) in [6.45, 7) is 3.47. The van der Waals surface area contributed by atoms with Crippen molar-refractivity contribution in [1.29, 1.82) is 0 Å². The first-order valence-electron chi connectivity index (χ1n) is 3.58. The van der Waals surface area contributed by atoms with Crippen LogP contribution >= 0.6 is 0 Å². The van der Waals surface area contributed by atoms with Crippen LogP contribution in [0.15, 0.2) is 24.8 Å². The molecule has 13 heavy (non-hydrogen) atoms. The zero-order chi connectivity index (χ0) is 9.84. The van der Waals surface area contributed by atoms with Crippen LogP contribution in [0.1, 0.15) is 5.56 Å². The summed E-state index contributed by atoms with van der Waals surface area (Å²) < 4.78 is 25.7. The Morgan fingerprint density at radius 2 is 2.15 bits per heavy atom. The summed E-state index contributed by atoms with van der Waals surface area (Å²) in [7, 11) is 1.36.